The Morgan fingerprint density at radius 3 is 2.20 bits per heavy atom. The Morgan fingerprint density at radius 1 is 1.20 bits per heavy atom. The third-order valence-corrected chi connectivity index (χ3v) is 1.58. The molecule has 0 aliphatic rings. The molecule has 1 aromatic carbocycles. The topological polar surface area (TPSA) is 20.2 Å². The summed E-state index contributed by atoms with van der Waals surface area (Å²) in [4.78, 5) is 0. The van der Waals surface area contributed by atoms with Crippen molar-refractivity contribution < 1.29 is 5.11 Å². The molecule has 0 saturated carbocycles. The molecule has 1 N–H and O–H groups in total. The molecule has 1 nitrogen and oxygen atoms in total. The molecule has 0 bridgehead atoms. The van der Waals surface area contributed by atoms with Crippen molar-refractivity contribution in [3.8, 4) is 5.75 Å². The number of hydrogen-bond acceptors (Lipinski definition) is 1. The predicted molar refractivity (Wildman–Crippen MR) is 44.7 cm³/mol. The molecule has 0 unspecified atom stereocenters. The van der Waals surface area contributed by atoms with E-state index < -0.39 is 0 Å². The maximum absolute atomic E-state index is 9.10. The molecule has 0 saturated heterocycles. The summed E-state index contributed by atoms with van der Waals surface area (Å²) in [5.41, 5.74) is 2.10. The van der Waals surface area contributed by atoms with E-state index in [0.29, 0.717) is 5.75 Å². The predicted octanol–water partition coefficient (Wildman–Crippen LogP) is 1.36. The number of hydrogen-bond donors (Lipinski definition) is 1. The second-order valence-corrected chi connectivity index (χ2v) is 2.22. The summed E-state index contributed by atoms with van der Waals surface area (Å²) in [5.74, 6) is 0.384. The Morgan fingerprint density at radius 2 is 1.80 bits per heavy atom. The van der Waals surface area contributed by atoms with Crippen LogP contribution in [0.4, 0.5) is 0 Å². The van der Waals surface area contributed by atoms with Crippen molar-refractivity contribution in [2.45, 2.75) is 13.8 Å². The monoisotopic (exact) mass is 146 g/mol. The third-order valence-electron chi connectivity index (χ3n) is 1.58. The fourth-order valence-corrected chi connectivity index (χ4v) is 0.736. The van der Waals surface area contributed by atoms with Crippen molar-refractivity contribution in [2.75, 3.05) is 0 Å². The first-order valence-electron chi connectivity index (χ1n) is 2.97. The van der Waals surface area contributed by atoms with Crippen LogP contribution in [-0.2, 0) is 0 Å². The normalized spacial score (nSPS) is 8.60. The Kier molecular flexibility index (Phi) is 4.02. The van der Waals surface area contributed by atoms with Gasteiger partial charge >= 0.3 is 29.6 Å². The molecule has 1 aromatic rings. The van der Waals surface area contributed by atoms with E-state index >= 15 is 0 Å². The van der Waals surface area contributed by atoms with Crippen molar-refractivity contribution >= 4 is 29.6 Å². The number of phenolic OH excluding ortho intramolecular Hbond substituents is 1. The zero-order valence-electron chi connectivity index (χ0n) is 5.68. The molecule has 0 fully saturated rings. The Hall–Kier alpha value is 0.0200. The van der Waals surface area contributed by atoms with E-state index in [4.69, 9.17) is 5.11 Å². The van der Waals surface area contributed by atoms with Gasteiger partial charge < -0.3 is 5.11 Å². The SMILES string of the molecule is Cc1cccc(O)c1C.[NaH]. The van der Waals surface area contributed by atoms with Crippen LogP contribution in [0.5, 0.6) is 5.75 Å². The maximum atomic E-state index is 9.10. The van der Waals surface area contributed by atoms with Crippen molar-refractivity contribution in [3.63, 3.8) is 0 Å². The van der Waals surface area contributed by atoms with Crippen LogP contribution in [0.1, 0.15) is 11.1 Å². The van der Waals surface area contributed by atoms with Crippen molar-refractivity contribution in [1.82, 2.24) is 0 Å². The minimum absolute atomic E-state index is 0. The molecule has 0 amide bonds. The van der Waals surface area contributed by atoms with E-state index in [1.807, 2.05) is 26.0 Å². The first-order chi connectivity index (χ1) is 4.22. The zero-order chi connectivity index (χ0) is 6.85. The van der Waals surface area contributed by atoms with Gasteiger partial charge in [-0.1, -0.05) is 12.1 Å². The second kappa shape index (κ2) is 4.02. The van der Waals surface area contributed by atoms with E-state index in [2.05, 4.69) is 0 Å². The molecule has 0 radical (unpaired) electrons. The van der Waals surface area contributed by atoms with Crippen LogP contribution in [0.25, 0.3) is 0 Å². The van der Waals surface area contributed by atoms with Crippen LogP contribution in [0.2, 0.25) is 0 Å². The number of rotatable bonds is 0. The Balaban J connectivity index is 0.000000810. The number of benzene rings is 1. The quantitative estimate of drug-likeness (QED) is 0.548. The van der Waals surface area contributed by atoms with Crippen molar-refractivity contribution in [2.24, 2.45) is 0 Å². The van der Waals surface area contributed by atoms with Gasteiger partial charge in [0, 0.05) is 0 Å². The van der Waals surface area contributed by atoms with Crippen molar-refractivity contribution in [1.29, 1.82) is 0 Å². The van der Waals surface area contributed by atoms with E-state index in [0.717, 1.165) is 11.1 Å². The van der Waals surface area contributed by atoms with Crippen LogP contribution in [0, 0.1) is 13.8 Å². The standard InChI is InChI=1S/C8H10O.Na.H/c1-6-4-3-5-8(9)7(6)2;;/h3-5,9H,1-2H3;;. The van der Waals surface area contributed by atoms with E-state index in [1.165, 1.54) is 0 Å². The van der Waals surface area contributed by atoms with Gasteiger partial charge in [-0.2, -0.15) is 0 Å². The number of aryl methyl sites for hydroxylation is 1. The summed E-state index contributed by atoms with van der Waals surface area (Å²) in [5, 5.41) is 9.10. The fraction of sp³-hybridized carbons (Fsp3) is 0.250. The molecule has 10 heavy (non-hydrogen) atoms. The molecule has 1 rings (SSSR count). The van der Waals surface area contributed by atoms with Crippen LogP contribution in [0.15, 0.2) is 18.2 Å². The number of aromatic hydroxyl groups is 1. The Labute approximate surface area is 83.4 Å². The number of phenols is 1. The van der Waals surface area contributed by atoms with E-state index in [1.54, 1.807) is 6.07 Å². The van der Waals surface area contributed by atoms with Gasteiger partial charge in [0.1, 0.15) is 5.75 Å². The summed E-state index contributed by atoms with van der Waals surface area (Å²) >= 11 is 0. The molecule has 2 heteroatoms. The molecule has 50 valence electrons. The van der Waals surface area contributed by atoms with Gasteiger partial charge in [0.05, 0.1) is 0 Å². The minimum atomic E-state index is 0. The summed E-state index contributed by atoms with van der Waals surface area (Å²) in [6, 6.07) is 5.52. The van der Waals surface area contributed by atoms with Gasteiger partial charge in [0.25, 0.3) is 0 Å². The molecule has 0 atom stereocenters. The van der Waals surface area contributed by atoms with Gasteiger partial charge in [0.15, 0.2) is 0 Å². The second-order valence-electron chi connectivity index (χ2n) is 2.22. The summed E-state index contributed by atoms with van der Waals surface area (Å²) in [7, 11) is 0. The molecule has 0 aliphatic heterocycles. The average molecular weight is 146 g/mol. The van der Waals surface area contributed by atoms with Crippen LogP contribution in [-0.4, -0.2) is 34.7 Å². The van der Waals surface area contributed by atoms with Crippen LogP contribution in [0.3, 0.4) is 0 Å². The van der Waals surface area contributed by atoms with Crippen LogP contribution >= 0.6 is 0 Å². The Bertz CT molecular complexity index is 200. The average Bonchev–Trinajstić information content (AvgIpc) is 1.83. The summed E-state index contributed by atoms with van der Waals surface area (Å²) in [6.45, 7) is 3.89. The first-order valence-corrected chi connectivity index (χ1v) is 2.97. The van der Waals surface area contributed by atoms with Gasteiger partial charge in [0.2, 0.25) is 0 Å². The van der Waals surface area contributed by atoms with Gasteiger partial charge in [-0.05, 0) is 31.0 Å². The molecular weight excluding hydrogens is 135 g/mol. The molecule has 0 aliphatic carbocycles. The zero-order valence-corrected chi connectivity index (χ0v) is 5.68. The van der Waals surface area contributed by atoms with Gasteiger partial charge in [-0.3, -0.25) is 0 Å². The van der Waals surface area contributed by atoms with E-state index in [-0.39, 0.29) is 29.6 Å². The molecule has 0 aromatic heterocycles. The van der Waals surface area contributed by atoms with Gasteiger partial charge in [-0.25, -0.2) is 0 Å². The van der Waals surface area contributed by atoms with Crippen molar-refractivity contribution in [3.05, 3.63) is 29.3 Å². The van der Waals surface area contributed by atoms with E-state index in [9.17, 15) is 0 Å². The van der Waals surface area contributed by atoms with Gasteiger partial charge in [-0.15, -0.1) is 0 Å². The molecular formula is C8H11NaO. The third kappa shape index (κ3) is 2.01. The molecule has 0 spiro atoms. The fourth-order valence-electron chi connectivity index (χ4n) is 0.736. The van der Waals surface area contributed by atoms with Crippen LogP contribution < -0.4 is 0 Å². The first kappa shape index (κ1) is 10.0. The molecule has 0 heterocycles. The summed E-state index contributed by atoms with van der Waals surface area (Å²) < 4.78 is 0. The summed E-state index contributed by atoms with van der Waals surface area (Å²) in [6.07, 6.45) is 0.